The molecule has 0 aromatic carbocycles. The molecular weight excluding hydrogens is 384 g/mol. The summed E-state index contributed by atoms with van der Waals surface area (Å²) < 4.78 is 11.1. The van der Waals surface area contributed by atoms with Crippen LogP contribution < -0.4 is 5.32 Å². The number of amides is 1. The maximum Gasteiger partial charge on any atom is 0.302 e. The van der Waals surface area contributed by atoms with Crippen LogP contribution in [0.5, 0.6) is 0 Å². The summed E-state index contributed by atoms with van der Waals surface area (Å²) in [5.41, 5.74) is 1.33. The Hall–Kier alpha value is -2.29. The van der Waals surface area contributed by atoms with Crippen LogP contribution in [0.25, 0.3) is 0 Å². The fourth-order valence-electron chi connectivity index (χ4n) is 2.61. The highest BCUT2D eigenvalue weighted by molar-refractivity contribution is 7.13. The second-order valence-electron chi connectivity index (χ2n) is 5.94. The van der Waals surface area contributed by atoms with E-state index in [4.69, 9.17) is 9.47 Å². The highest BCUT2D eigenvalue weighted by Gasteiger charge is 2.21. The highest BCUT2D eigenvalue weighted by Crippen LogP contribution is 2.23. The Bertz CT molecular complexity index is 826. The van der Waals surface area contributed by atoms with Gasteiger partial charge in [0.15, 0.2) is 5.13 Å². The molecule has 0 aliphatic heterocycles. The lowest BCUT2D eigenvalue weighted by Crippen LogP contribution is -2.23. The average molecular weight is 405 g/mol. The third-order valence-electron chi connectivity index (χ3n) is 3.82. The number of ether oxygens (including phenoxy) is 2. The van der Waals surface area contributed by atoms with Gasteiger partial charge in [0.25, 0.3) is 5.91 Å². The largest absolute Gasteiger partial charge is 0.461 e. The maximum atomic E-state index is 12.5. The van der Waals surface area contributed by atoms with Crippen LogP contribution in [0.15, 0.2) is 52.4 Å². The summed E-state index contributed by atoms with van der Waals surface area (Å²) in [6.45, 7) is 2.08. The summed E-state index contributed by atoms with van der Waals surface area (Å²) in [4.78, 5) is 29.0. The zero-order chi connectivity index (χ0) is 19.1. The predicted octanol–water partition coefficient (Wildman–Crippen LogP) is 3.59. The van der Waals surface area contributed by atoms with Crippen molar-refractivity contribution in [2.45, 2.75) is 25.9 Å². The highest BCUT2D eigenvalue weighted by atomic mass is 32.1. The van der Waals surface area contributed by atoms with Crippen LogP contribution in [-0.4, -0.2) is 36.2 Å². The predicted molar refractivity (Wildman–Crippen MR) is 106 cm³/mol. The monoisotopic (exact) mass is 404 g/mol. The molecule has 1 atom stereocenters. The zero-order valence-corrected chi connectivity index (χ0v) is 16.5. The van der Waals surface area contributed by atoms with E-state index in [-0.39, 0.29) is 24.6 Å². The molecule has 0 saturated carbocycles. The van der Waals surface area contributed by atoms with Gasteiger partial charge in [0.1, 0.15) is 6.61 Å². The van der Waals surface area contributed by atoms with Gasteiger partial charge in [-0.2, -0.15) is 0 Å². The van der Waals surface area contributed by atoms with Crippen LogP contribution in [0.3, 0.4) is 0 Å². The van der Waals surface area contributed by atoms with Gasteiger partial charge in [-0.3, -0.25) is 14.9 Å². The smallest absolute Gasteiger partial charge is 0.302 e. The van der Waals surface area contributed by atoms with Crippen LogP contribution in [0.2, 0.25) is 0 Å². The second-order valence-corrected chi connectivity index (χ2v) is 7.87. The van der Waals surface area contributed by atoms with Crippen LogP contribution >= 0.6 is 22.7 Å². The quantitative estimate of drug-likeness (QED) is 0.681. The summed E-state index contributed by atoms with van der Waals surface area (Å²) >= 11 is 3.05. The van der Waals surface area contributed by atoms with E-state index in [2.05, 4.69) is 16.4 Å². The Morgan fingerprint density at radius 2 is 2.22 bits per heavy atom. The van der Waals surface area contributed by atoms with Crippen molar-refractivity contribution < 1.29 is 19.1 Å². The molecule has 1 amide bonds. The number of hydrogen-bond donors (Lipinski definition) is 1. The van der Waals surface area contributed by atoms with E-state index in [9.17, 15) is 9.59 Å². The molecule has 142 valence electrons. The first-order valence-corrected chi connectivity index (χ1v) is 10.3. The molecule has 2 aromatic rings. The molecule has 0 radical (unpaired) electrons. The van der Waals surface area contributed by atoms with Crippen LogP contribution in [-0.2, 0) is 25.5 Å². The first-order valence-electron chi connectivity index (χ1n) is 8.49. The topological polar surface area (TPSA) is 77.5 Å². The summed E-state index contributed by atoms with van der Waals surface area (Å²) in [6, 6.07) is 4.09. The molecule has 0 fully saturated rings. The first-order chi connectivity index (χ1) is 13.1. The second kappa shape index (κ2) is 9.59. The number of rotatable bonds is 8. The number of carbonyl (C=O) groups is 2. The number of hydrogen-bond acceptors (Lipinski definition) is 7. The van der Waals surface area contributed by atoms with Crippen LogP contribution in [0.4, 0.5) is 5.13 Å². The molecule has 3 rings (SSSR count). The van der Waals surface area contributed by atoms with E-state index in [1.165, 1.54) is 23.1 Å². The number of anilines is 1. The summed E-state index contributed by atoms with van der Waals surface area (Å²) in [6.07, 6.45) is 6.38. The average Bonchev–Trinajstić information content (AvgIpc) is 3.34. The fourth-order valence-corrected chi connectivity index (χ4v) is 3.82. The standard InChI is InChI=1S/C19H20N2O4S2/c1-13(22)25-12-14-9-15(18(23)21-19-20-5-8-27-19)11-16(10-14)24-6-4-17-3-2-7-26-17/h2-3,5,7-9,11,16H,4,6,10,12H2,1H3,(H,20,21,23). The number of nitrogens with one attached hydrogen (secondary N) is 1. The van der Waals surface area contributed by atoms with Gasteiger partial charge in [-0.05, 0) is 29.2 Å². The van der Waals surface area contributed by atoms with Gasteiger partial charge in [-0.15, -0.1) is 22.7 Å². The zero-order valence-electron chi connectivity index (χ0n) is 14.8. The van der Waals surface area contributed by atoms with Crippen molar-refractivity contribution in [3.63, 3.8) is 0 Å². The molecule has 0 saturated heterocycles. The van der Waals surface area contributed by atoms with E-state index >= 15 is 0 Å². The molecule has 2 heterocycles. The number of thiazole rings is 1. The van der Waals surface area contributed by atoms with E-state index in [0.717, 1.165) is 12.0 Å². The van der Waals surface area contributed by atoms with Crippen LogP contribution in [0.1, 0.15) is 18.2 Å². The molecule has 0 bridgehead atoms. The first kappa shape index (κ1) is 19.5. The van der Waals surface area contributed by atoms with Gasteiger partial charge in [0.05, 0.1) is 12.7 Å². The fraction of sp³-hybridized carbons (Fsp3) is 0.316. The van der Waals surface area contributed by atoms with E-state index in [1.54, 1.807) is 29.0 Å². The maximum absolute atomic E-state index is 12.5. The Balaban J connectivity index is 1.64. The molecule has 0 spiro atoms. The van der Waals surface area contributed by atoms with Crippen LogP contribution in [0, 0.1) is 0 Å². The minimum atomic E-state index is -0.352. The normalized spacial score (nSPS) is 16.4. The number of nitrogens with zero attached hydrogens (tertiary/aromatic N) is 1. The van der Waals surface area contributed by atoms with E-state index in [0.29, 0.717) is 23.7 Å². The molecule has 1 aliphatic rings. The molecule has 1 aliphatic carbocycles. The van der Waals surface area contributed by atoms with Crippen molar-refractivity contribution >= 4 is 39.7 Å². The molecule has 6 nitrogen and oxygen atoms in total. The van der Waals surface area contributed by atoms with Gasteiger partial charge in [-0.1, -0.05) is 6.07 Å². The molecule has 1 N–H and O–H groups in total. The number of aromatic nitrogens is 1. The van der Waals surface area contributed by atoms with Crippen molar-refractivity contribution in [1.29, 1.82) is 0 Å². The minimum absolute atomic E-state index is 0.155. The van der Waals surface area contributed by atoms with Crippen molar-refractivity contribution in [3.8, 4) is 0 Å². The Morgan fingerprint density at radius 3 is 2.93 bits per heavy atom. The Kier molecular flexibility index (Phi) is 6.92. The van der Waals surface area contributed by atoms with Crippen molar-refractivity contribution in [1.82, 2.24) is 4.98 Å². The Labute approximate surface area is 165 Å². The molecule has 1 unspecified atom stereocenters. The van der Waals surface area contributed by atoms with Crippen molar-refractivity contribution in [2.24, 2.45) is 0 Å². The van der Waals surface area contributed by atoms with Crippen molar-refractivity contribution in [2.75, 3.05) is 18.5 Å². The van der Waals surface area contributed by atoms with Gasteiger partial charge in [0, 0.05) is 41.8 Å². The lowest BCUT2D eigenvalue weighted by Gasteiger charge is -2.22. The molecular formula is C19H20N2O4S2. The Morgan fingerprint density at radius 1 is 1.33 bits per heavy atom. The van der Waals surface area contributed by atoms with Gasteiger partial charge in [0.2, 0.25) is 0 Å². The summed E-state index contributed by atoms with van der Waals surface area (Å²) in [7, 11) is 0. The summed E-state index contributed by atoms with van der Waals surface area (Å²) in [5, 5.41) is 7.14. The van der Waals surface area contributed by atoms with Gasteiger partial charge >= 0.3 is 5.97 Å². The lowest BCUT2D eigenvalue weighted by molar-refractivity contribution is -0.140. The molecule has 2 aromatic heterocycles. The van der Waals surface area contributed by atoms with Gasteiger partial charge < -0.3 is 9.47 Å². The van der Waals surface area contributed by atoms with E-state index in [1.807, 2.05) is 17.5 Å². The molecule has 8 heteroatoms. The summed E-state index contributed by atoms with van der Waals surface area (Å²) in [5.74, 6) is -0.605. The van der Waals surface area contributed by atoms with E-state index < -0.39 is 0 Å². The SMILES string of the molecule is CC(=O)OCC1=CC(C(=O)Nc2nccs2)=CC(OCCc2cccs2)C1. The number of carbonyl (C=O) groups excluding carboxylic acids is 2. The number of esters is 1. The number of thiophene rings is 1. The lowest BCUT2D eigenvalue weighted by atomic mass is 9.97. The van der Waals surface area contributed by atoms with Crippen molar-refractivity contribution in [3.05, 3.63) is 57.3 Å². The third-order valence-corrected chi connectivity index (χ3v) is 5.45. The third kappa shape index (κ3) is 6.13. The molecule has 27 heavy (non-hydrogen) atoms. The minimum Gasteiger partial charge on any atom is -0.461 e. The van der Waals surface area contributed by atoms with Gasteiger partial charge in [-0.25, -0.2) is 4.98 Å².